The summed E-state index contributed by atoms with van der Waals surface area (Å²) in [5.41, 5.74) is 2.42. The maximum absolute atomic E-state index is 11.5. The van der Waals surface area contributed by atoms with Crippen LogP contribution in [0.25, 0.3) is 0 Å². The molecule has 1 heterocycles. The zero-order valence-corrected chi connectivity index (χ0v) is 11.4. The molecule has 0 fully saturated rings. The first-order chi connectivity index (χ1) is 8.59. The molecule has 0 aliphatic rings. The fourth-order valence-corrected chi connectivity index (χ4v) is 2.30. The lowest BCUT2D eigenvalue weighted by atomic mass is 9.89. The van der Waals surface area contributed by atoms with Gasteiger partial charge in [0.2, 0.25) is 0 Å². The van der Waals surface area contributed by atoms with Gasteiger partial charge < -0.3 is 5.11 Å². The molecule has 0 spiro atoms. The number of benzene rings is 1. The van der Waals surface area contributed by atoms with Gasteiger partial charge in [-0.15, -0.1) is 0 Å². The minimum Gasteiger partial charge on any atom is -0.481 e. The molecule has 1 aromatic heterocycles. The third-order valence-electron chi connectivity index (χ3n) is 2.82. The second kappa shape index (κ2) is 5.31. The maximum Gasteiger partial charge on any atom is 0.315 e. The third kappa shape index (κ3) is 2.59. The van der Waals surface area contributed by atoms with Gasteiger partial charge in [-0.05, 0) is 41.8 Å². The van der Waals surface area contributed by atoms with Crippen LogP contribution < -0.4 is 0 Å². The molecule has 0 bridgehead atoms. The first-order valence-corrected chi connectivity index (χ1v) is 6.27. The van der Waals surface area contributed by atoms with Crippen LogP contribution in [-0.4, -0.2) is 16.1 Å². The number of hydrogen-bond acceptors (Lipinski definition) is 2. The predicted octanol–water partition coefficient (Wildman–Crippen LogP) is 3.37. The van der Waals surface area contributed by atoms with Gasteiger partial charge in [-0.3, -0.25) is 9.78 Å². The molecule has 0 aliphatic heterocycles. The second-order valence-corrected chi connectivity index (χ2v) is 4.97. The summed E-state index contributed by atoms with van der Waals surface area (Å²) in [7, 11) is 0. The van der Waals surface area contributed by atoms with Crippen LogP contribution in [0, 0.1) is 6.92 Å². The van der Waals surface area contributed by atoms with E-state index in [0.29, 0.717) is 5.56 Å². The Morgan fingerprint density at radius 1 is 1.39 bits per heavy atom. The van der Waals surface area contributed by atoms with Crippen molar-refractivity contribution in [3.8, 4) is 0 Å². The Hall–Kier alpha value is -1.68. The van der Waals surface area contributed by atoms with Crippen LogP contribution >= 0.6 is 15.9 Å². The average Bonchev–Trinajstić information content (AvgIpc) is 2.35. The number of carboxylic acid groups (broad SMARTS) is 1. The minimum atomic E-state index is -0.871. The highest BCUT2D eigenvalue weighted by molar-refractivity contribution is 9.10. The SMILES string of the molecule is Cc1ccc(Br)cc1C(C(=O)O)c1cccnc1. The molecule has 1 N–H and O–H groups in total. The zero-order valence-electron chi connectivity index (χ0n) is 9.80. The summed E-state index contributed by atoms with van der Waals surface area (Å²) >= 11 is 3.38. The molecule has 18 heavy (non-hydrogen) atoms. The topological polar surface area (TPSA) is 50.2 Å². The van der Waals surface area contributed by atoms with Crippen molar-refractivity contribution in [2.75, 3.05) is 0 Å². The molecule has 1 atom stereocenters. The number of halogens is 1. The molecule has 3 nitrogen and oxygen atoms in total. The largest absolute Gasteiger partial charge is 0.481 e. The summed E-state index contributed by atoms with van der Waals surface area (Å²) in [6.07, 6.45) is 3.23. The molecule has 2 aromatic rings. The Kier molecular flexibility index (Phi) is 3.77. The Morgan fingerprint density at radius 3 is 2.78 bits per heavy atom. The van der Waals surface area contributed by atoms with Gasteiger partial charge in [-0.25, -0.2) is 0 Å². The highest BCUT2D eigenvalue weighted by Crippen LogP contribution is 2.29. The van der Waals surface area contributed by atoms with Crippen molar-refractivity contribution in [1.82, 2.24) is 4.98 Å². The van der Waals surface area contributed by atoms with E-state index in [1.165, 1.54) is 0 Å². The fourth-order valence-electron chi connectivity index (χ4n) is 1.92. The van der Waals surface area contributed by atoms with Gasteiger partial charge in [0.15, 0.2) is 0 Å². The molecular formula is C14H12BrNO2. The first kappa shape index (κ1) is 12.8. The van der Waals surface area contributed by atoms with Gasteiger partial charge in [-0.1, -0.05) is 28.1 Å². The average molecular weight is 306 g/mol. The van der Waals surface area contributed by atoms with E-state index in [0.717, 1.165) is 15.6 Å². The smallest absolute Gasteiger partial charge is 0.315 e. The number of carbonyl (C=O) groups is 1. The number of hydrogen-bond donors (Lipinski definition) is 1. The summed E-state index contributed by atoms with van der Waals surface area (Å²) in [5.74, 6) is -1.56. The van der Waals surface area contributed by atoms with Crippen LogP contribution in [0.15, 0.2) is 47.2 Å². The van der Waals surface area contributed by atoms with Gasteiger partial charge in [0.25, 0.3) is 0 Å². The molecule has 0 aliphatic carbocycles. The highest BCUT2D eigenvalue weighted by Gasteiger charge is 2.23. The second-order valence-electron chi connectivity index (χ2n) is 4.06. The number of rotatable bonds is 3. The molecule has 1 aromatic carbocycles. The molecule has 0 radical (unpaired) electrons. The van der Waals surface area contributed by atoms with E-state index in [1.807, 2.05) is 25.1 Å². The highest BCUT2D eigenvalue weighted by atomic mass is 79.9. The van der Waals surface area contributed by atoms with E-state index in [1.54, 1.807) is 24.5 Å². The van der Waals surface area contributed by atoms with Crippen LogP contribution in [0.5, 0.6) is 0 Å². The molecule has 0 amide bonds. The van der Waals surface area contributed by atoms with Crippen molar-refractivity contribution in [2.24, 2.45) is 0 Å². The molecule has 0 saturated heterocycles. The third-order valence-corrected chi connectivity index (χ3v) is 3.31. The van der Waals surface area contributed by atoms with E-state index in [2.05, 4.69) is 20.9 Å². The zero-order chi connectivity index (χ0) is 13.1. The van der Waals surface area contributed by atoms with Crippen molar-refractivity contribution in [3.63, 3.8) is 0 Å². The molecule has 92 valence electrons. The van der Waals surface area contributed by atoms with Crippen molar-refractivity contribution >= 4 is 21.9 Å². The first-order valence-electron chi connectivity index (χ1n) is 5.48. The van der Waals surface area contributed by atoms with E-state index < -0.39 is 11.9 Å². The monoisotopic (exact) mass is 305 g/mol. The van der Waals surface area contributed by atoms with E-state index in [9.17, 15) is 9.90 Å². The number of pyridine rings is 1. The van der Waals surface area contributed by atoms with Crippen LogP contribution in [0.2, 0.25) is 0 Å². The van der Waals surface area contributed by atoms with Crippen molar-refractivity contribution in [1.29, 1.82) is 0 Å². The summed E-state index contributed by atoms with van der Waals surface area (Å²) in [5, 5.41) is 9.45. The normalized spacial score (nSPS) is 12.1. The van der Waals surface area contributed by atoms with Gasteiger partial charge >= 0.3 is 5.97 Å². The number of aromatic nitrogens is 1. The van der Waals surface area contributed by atoms with Gasteiger partial charge in [0, 0.05) is 16.9 Å². The van der Waals surface area contributed by atoms with E-state index in [-0.39, 0.29) is 0 Å². The molecule has 2 rings (SSSR count). The van der Waals surface area contributed by atoms with Crippen LogP contribution in [-0.2, 0) is 4.79 Å². The number of nitrogens with zero attached hydrogens (tertiary/aromatic N) is 1. The quantitative estimate of drug-likeness (QED) is 0.946. The van der Waals surface area contributed by atoms with Gasteiger partial charge in [0.05, 0.1) is 0 Å². The summed E-state index contributed by atoms with van der Waals surface area (Å²) in [4.78, 5) is 15.5. The predicted molar refractivity (Wildman–Crippen MR) is 72.6 cm³/mol. The lowest BCUT2D eigenvalue weighted by molar-refractivity contribution is -0.137. The summed E-state index contributed by atoms with van der Waals surface area (Å²) < 4.78 is 0.873. The van der Waals surface area contributed by atoms with E-state index in [4.69, 9.17) is 0 Å². The van der Waals surface area contributed by atoms with Crippen LogP contribution in [0.4, 0.5) is 0 Å². The number of aliphatic carboxylic acids is 1. The lowest BCUT2D eigenvalue weighted by Gasteiger charge is -2.15. The van der Waals surface area contributed by atoms with E-state index >= 15 is 0 Å². The summed E-state index contributed by atoms with van der Waals surface area (Å²) in [6.45, 7) is 1.91. The van der Waals surface area contributed by atoms with Crippen molar-refractivity contribution in [2.45, 2.75) is 12.8 Å². The Bertz CT molecular complexity index is 569. The number of carboxylic acids is 1. The van der Waals surface area contributed by atoms with Gasteiger partial charge in [0.1, 0.15) is 5.92 Å². The summed E-state index contributed by atoms with van der Waals surface area (Å²) in [6, 6.07) is 9.19. The molecular weight excluding hydrogens is 294 g/mol. The van der Waals surface area contributed by atoms with Crippen LogP contribution in [0.3, 0.4) is 0 Å². The minimum absolute atomic E-state index is 0.684. The van der Waals surface area contributed by atoms with Crippen LogP contribution in [0.1, 0.15) is 22.6 Å². The van der Waals surface area contributed by atoms with Crippen molar-refractivity contribution < 1.29 is 9.90 Å². The van der Waals surface area contributed by atoms with Gasteiger partial charge in [-0.2, -0.15) is 0 Å². The Balaban J connectivity index is 2.55. The molecule has 1 unspecified atom stereocenters. The standard InChI is InChI=1S/C14H12BrNO2/c1-9-4-5-11(15)7-12(9)13(14(17)18)10-3-2-6-16-8-10/h2-8,13H,1H3,(H,17,18). The molecule has 4 heteroatoms. The maximum atomic E-state index is 11.5. The van der Waals surface area contributed by atoms with Crippen molar-refractivity contribution in [3.05, 3.63) is 63.9 Å². The fraction of sp³-hybridized carbons (Fsp3) is 0.143. The Labute approximate surface area is 114 Å². The lowest BCUT2D eigenvalue weighted by Crippen LogP contribution is -2.14. The number of aryl methyl sites for hydroxylation is 1. The molecule has 0 saturated carbocycles. The Morgan fingerprint density at radius 2 is 2.17 bits per heavy atom.